The largest absolute Gasteiger partial charge is 0.356 e. The second-order valence-electron chi connectivity index (χ2n) is 5.82. The van der Waals surface area contributed by atoms with Crippen LogP contribution >= 0.6 is 11.6 Å². The molecule has 0 atom stereocenters. The lowest BCUT2D eigenvalue weighted by atomic mass is 10.1. The van der Waals surface area contributed by atoms with E-state index in [1.54, 1.807) is 12.1 Å². The molecule has 2 N–H and O–H groups in total. The van der Waals surface area contributed by atoms with Crippen LogP contribution in [0.3, 0.4) is 0 Å². The fraction of sp³-hybridized carbons (Fsp3) is 0.105. The Morgan fingerprint density at radius 3 is 2.50 bits per heavy atom. The molecule has 3 rings (SSSR count). The first-order chi connectivity index (χ1) is 12.3. The van der Waals surface area contributed by atoms with E-state index in [9.17, 15) is 14.0 Å². The lowest BCUT2D eigenvalue weighted by Gasteiger charge is -2.06. The molecular formula is C19H15ClFN3O2. The molecule has 0 spiro atoms. The van der Waals surface area contributed by atoms with Crippen molar-refractivity contribution in [3.05, 3.63) is 81.6 Å². The van der Waals surface area contributed by atoms with E-state index in [0.29, 0.717) is 5.69 Å². The molecule has 0 aliphatic heterocycles. The highest BCUT2D eigenvalue weighted by molar-refractivity contribution is 6.35. The SMILES string of the molecule is Cc1cc(NC(=O)c2cc(C(=O)c3c(F)cccc3Cl)c[nH]2)cc(C)n1. The Balaban J connectivity index is 1.83. The van der Waals surface area contributed by atoms with Crippen molar-refractivity contribution >= 4 is 29.0 Å². The Bertz CT molecular complexity index is 973. The second kappa shape index (κ2) is 7.09. The van der Waals surface area contributed by atoms with Crippen molar-refractivity contribution in [3.63, 3.8) is 0 Å². The van der Waals surface area contributed by atoms with Gasteiger partial charge in [0.05, 0.1) is 10.6 Å². The van der Waals surface area contributed by atoms with Gasteiger partial charge in [-0.1, -0.05) is 17.7 Å². The maximum absolute atomic E-state index is 13.9. The van der Waals surface area contributed by atoms with Gasteiger partial charge in [0, 0.05) is 28.8 Å². The summed E-state index contributed by atoms with van der Waals surface area (Å²) in [6, 6.07) is 8.85. The van der Waals surface area contributed by atoms with Crippen LogP contribution in [0.15, 0.2) is 42.6 Å². The first-order valence-electron chi connectivity index (χ1n) is 7.79. The quantitative estimate of drug-likeness (QED) is 0.671. The molecule has 0 radical (unpaired) electrons. The number of aryl methyl sites for hydroxylation is 2. The zero-order valence-corrected chi connectivity index (χ0v) is 14.8. The summed E-state index contributed by atoms with van der Waals surface area (Å²) in [4.78, 5) is 31.8. The number of rotatable bonds is 4. The van der Waals surface area contributed by atoms with E-state index in [0.717, 1.165) is 17.5 Å². The lowest BCUT2D eigenvalue weighted by molar-refractivity contribution is 0.102. The minimum absolute atomic E-state index is 0.0185. The summed E-state index contributed by atoms with van der Waals surface area (Å²) in [7, 11) is 0. The standard InChI is InChI=1S/C19H15ClFN3O2/c1-10-6-13(7-11(2)23-10)24-19(26)16-8-12(9-22-16)18(25)17-14(20)4-3-5-15(17)21/h3-9,22H,1-2H3,(H,23,24,26). The zero-order chi connectivity index (χ0) is 18.8. The van der Waals surface area contributed by atoms with Gasteiger partial charge in [-0.2, -0.15) is 0 Å². The van der Waals surface area contributed by atoms with Crippen molar-refractivity contribution in [2.24, 2.45) is 0 Å². The minimum Gasteiger partial charge on any atom is -0.356 e. The summed E-state index contributed by atoms with van der Waals surface area (Å²) in [6.07, 6.45) is 1.35. The van der Waals surface area contributed by atoms with Gasteiger partial charge in [0.25, 0.3) is 5.91 Å². The molecule has 1 amide bonds. The predicted molar refractivity (Wildman–Crippen MR) is 97.3 cm³/mol. The summed E-state index contributed by atoms with van der Waals surface area (Å²) >= 11 is 5.92. The number of ketones is 1. The Labute approximate surface area is 154 Å². The number of pyridine rings is 1. The molecule has 7 heteroatoms. The van der Waals surface area contributed by atoms with Crippen molar-refractivity contribution in [2.75, 3.05) is 5.32 Å². The molecule has 132 valence electrons. The molecule has 0 saturated heterocycles. The van der Waals surface area contributed by atoms with E-state index in [1.807, 2.05) is 13.8 Å². The number of carbonyl (C=O) groups is 2. The number of H-pyrrole nitrogens is 1. The number of aromatic amines is 1. The highest BCUT2D eigenvalue weighted by Gasteiger charge is 2.20. The molecule has 0 aliphatic rings. The van der Waals surface area contributed by atoms with E-state index < -0.39 is 17.5 Å². The van der Waals surface area contributed by atoms with Crippen LogP contribution in [-0.2, 0) is 0 Å². The third-order valence-corrected chi connectivity index (χ3v) is 4.03. The van der Waals surface area contributed by atoms with Crippen LogP contribution in [0, 0.1) is 19.7 Å². The molecule has 2 aromatic heterocycles. The van der Waals surface area contributed by atoms with Crippen LogP contribution in [0.25, 0.3) is 0 Å². The summed E-state index contributed by atoms with van der Waals surface area (Å²) in [5.74, 6) is -1.73. The van der Waals surface area contributed by atoms with Gasteiger partial charge < -0.3 is 10.3 Å². The van der Waals surface area contributed by atoms with Crippen LogP contribution < -0.4 is 5.32 Å². The zero-order valence-electron chi connectivity index (χ0n) is 14.1. The Morgan fingerprint density at radius 2 is 1.85 bits per heavy atom. The number of hydrogen-bond donors (Lipinski definition) is 2. The summed E-state index contributed by atoms with van der Waals surface area (Å²) in [5.41, 5.74) is 2.24. The number of halogens is 2. The van der Waals surface area contributed by atoms with Gasteiger partial charge in [-0.25, -0.2) is 4.39 Å². The maximum Gasteiger partial charge on any atom is 0.272 e. The van der Waals surface area contributed by atoms with Crippen molar-refractivity contribution in [2.45, 2.75) is 13.8 Å². The van der Waals surface area contributed by atoms with Gasteiger partial charge in [-0.15, -0.1) is 0 Å². The minimum atomic E-state index is -0.711. The third kappa shape index (κ3) is 3.65. The summed E-state index contributed by atoms with van der Waals surface area (Å²) in [6.45, 7) is 3.65. The average Bonchev–Trinajstić information content (AvgIpc) is 3.03. The fourth-order valence-corrected chi connectivity index (χ4v) is 2.87. The lowest BCUT2D eigenvalue weighted by Crippen LogP contribution is -2.13. The molecule has 0 unspecified atom stereocenters. The van der Waals surface area contributed by atoms with Crippen LogP contribution in [0.4, 0.5) is 10.1 Å². The third-order valence-electron chi connectivity index (χ3n) is 3.72. The Morgan fingerprint density at radius 1 is 1.15 bits per heavy atom. The number of hydrogen-bond acceptors (Lipinski definition) is 3. The van der Waals surface area contributed by atoms with Crippen molar-refractivity contribution in [3.8, 4) is 0 Å². The molecule has 0 saturated carbocycles. The smallest absolute Gasteiger partial charge is 0.272 e. The summed E-state index contributed by atoms with van der Waals surface area (Å²) < 4.78 is 13.9. The highest BCUT2D eigenvalue weighted by Crippen LogP contribution is 2.23. The molecule has 0 aliphatic carbocycles. The fourth-order valence-electron chi connectivity index (χ4n) is 2.62. The van der Waals surface area contributed by atoms with Crippen LogP contribution in [-0.4, -0.2) is 21.7 Å². The van der Waals surface area contributed by atoms with Gasteiger partial charge in [0.2, 0.25) is 0 Å². The van der Waals surface area contributed by atoms with Gasteiger partial charge in [0.15, 0.2) is 5.78 Å². The van der Waals surface area contributed by atoms with Crippen LogP contribution in [0.2, 0.25) is 5.02 Å². The first kappa shape index (κ1) is 17.8. The van der Waals surface area contributed by atoms with Crippen molar-refractivity contribution < 1.29 is 14.0 Å². The second-order valence-corrected chi connectivity index (χ2v) is 6.23. The van der Waals surface area contributed by atoms with E-state index in [1.165, 1.54) is 24.4 Å². The maximum atomic E-state index is 13.9. The number of anilines is 1. The molecule has 3 aromatic rings. The molecule has 26 heavy (non-hydrogen) atoms. The predicted octanol–water partition coefficient (Wildman–Crippen LogP) is 4.30. The van der Waals surface area contributed by atoms with E-state index in [4.69, 9.17) is 11.6 Å². The number of nitrogens with one attached hydrogen (secondary N) is 2. The van der Waals surface area contributed by atoms with Crippen LogP contribution in [0.1, 0.15) is 37.8 Å². The molecule has 0 fully saturated rings. The van der Waals surface area contributed by atoms with E-state index >= 15 is 0 Å². The molecule has 0 bridgehead atoms. The molecular weight excluding hydrogens is 357 g/mol. The number of benzene rings is 1. The van der Waals surface area contributed by atoms with E-state index in [2.05, 4.69) is 15.3 Å². The number of nitrogens with zero attached hydrogens (tertiary/aromatic N) is 1. The average molecular weight is 372 g/mol. The van der Waals surface area contributed by atoms with Crippen molar-refractivity contribution in [1.29, 1.82) is 0 Å². The van der Waals surface area contributed by atoms with Gasteiger partial charge in [0.1, 0.15) is 11.5 Å². The number of carbonyl (C=O) groups excluding carboxylic acids is 2. The number of aromatic nitrogens is 2. The van der Waals surface area contributed by atoms with Gasteiger partial charge >= 0.3 is 0 Å². The van der Waals surface area contributed by atoms with Gasteiger partial charge in [-0.3, -0.25) is 14.6 Å². The molecule has 2 heterocycles. The monoisotopic (exact) mass is 371 g/mol. The molecule has 5 nitrogen and oxygen atoms in total. The van der Waals surface area contributed by atoms with E-state index in [-0.39, 0.29) is 21.8 Å². The van der Waals surface area contributed by atoms with Crippen molar-refractivity contribution in [1.82, 2.24) is 9.97 Å². The Hall–Kier alpha value is -2.99. The van der Waals surface area contributed by atoms with Crippen LogP contribution in [0.5, 0.6) is 0 Å². The summed E-state index contributed by atoms with van der Waals surface area (Å²) in [5, 5.41) is 2.75. The topological polar surface area (TPSA) is 74.8 Å². The molecule has 1 aromatic carbocycles. The Kier molecular flexibility index (Phi) is 4.86. The first-order valence-corrected chi connectivity index (χ1v) is 8.16. The normalized spacial score (nSPS) is 10.6. The van der Waals surface area contributed by atoms with Gasteiger partial charge in [-0.05, 0) is 44.2 Å². The number of amides is 1. The highest BCUT2D eigenvalue weighted by atomic mass is 35.5.